The molecule has 0 saturated heterocycles. The molecule has 156 valence electrons. The second-order valence-electron chi connectivity index (χ2n) is 7.45. The van der Waals surface area contributed by atoms with E-state index in [1.807, 2.05) is 42.5 Å². The third-order valence-electron chi connectivity index (χ3n) is 4.62. The number of ether oxygens (including phenoxy) is 1. The Bertz CT molecular complexity index is 1040. The van der Waals surface area contributed by atoms with Crippen LogP contribution in [0.3, 0.4) is 0 Å². The van der Waals surface area contributed by atoms with Gasteiger partial charge in [-0.05, 0) is 42.0 Å². The summed E-state index contributed by atoms with van der Waals surface area (Å²) in [5.41, 5.74) is 0.813. The van der Waals surface area contributed by atoms with Crippen LogP contribution in [-0.2, 0) is 4.79 Å². The largest absolute Gasteiger partial charge is 0.483 e. The smallest absolute Gasteiger partial charge is 0.262 e. The molecule has 0 radical (unpaired) electrons. The Labute approximate surface area is 181 Å². The minimum atomic E-state index is -0.359. The Morgan fingerprint density at radius 2 is 1.80 bits per heavy atom. The molecule has 0 saturated carbocycles. The summed E-state index contributed by atoms with van der Waals surface area (Å²) >= 11 is 6.20. The van der Waals surface area contributed by atoms with Gasteiger partial charge in [0.2, 0.25) is 0 Å². The fourth-order valence-electron chi connectivity index (χ4n) is 2.99. The van der Waals surface area contributed by atoms with Gasteiger partial charge in [-0.2, -0.15) is 0 Å². The van der Waals surface area contributed by atoms with Crippen molar-refractivity contribution in [1.29, 1.82) is 0 Å². The van der Waals surface area contributed by atoms with Gasteiger partial charge in [-0.1, -0.05) is 61.8 Å². The number of carbonyl (C=O) groups excluding carboxylic acids is 2. The highest BCUT2D eigenvalue weighted by molar-refractivity contribution is 6.33. The summed E-state index contributed by atoms with van der Waals surface area (Å²) < 4.78 is 5.71. The van der Waals surface area contributed by atoms with Crippen molar-refractivity contribution in [3.05, 3.63) is 71.2 Å². The molecule has 6 heteroatoms. The second-order valence-corrected chi connectivity index (χ2v) is 7.85. The van der Waals surface area contributed by atoms with Crippen molar-refractivity contribution in [3.8, 4) is 5.75 Å². The van der Waals surface area contributed by atoms with Crippen LogP contribution in [0.2, 0.25) is 5.02 Å². The molecule has 3 rings (SSSR count). The third kappa shape index (κ3) is 5.74. The van der Waals surface area contributed by atoms with E-state index in [0.717, 1.165) is 17.2 Å². The van der Waals surface area contributed by atoms with Crippen LogP contribution in [0.4, 0.5) is 5.69 Å². The van der Waals surface area contributed by atoms with Crippen molar-refractivity contribution in [3.63, 3.8) is 0 Å². The molecule has 0 aliphatic rings. The maximum absolute atomic E-state index is 12.4. The summed E-state index contributed by atoms with van der Waals surface area (Å²) in [4.78, 5) is 24.7. The molecule has 3 aromatic carbocycles. The van der Waals surface area contributed by atoms with E-state index >= 15 is 0 Å². The van der Waals surface area contributed by atoms with Crippen molar-refractivity contribution in [2.45, 2.75) is 20.3 Å². The lowest BCUT2D eigenvalue weighted by atomic mass is 10.1. The lowest BCUT2D eigenvalue weighted by Gasteiger charge is -2.12. The summed E-state index contributed by atoms with van der Waals surface area (Å²) in [5, 5.41) is 7.92. The number of hydrogen-bond acceptors (Lipinski definition) is 3. The minimum Gasteiger partial charge on any atom is -0.483 e. The average molecular weight is 425 g/mol. The molecule has 0 heterocycles. The Kier molecular flexibility index (Phi) is 7.31. The molecule has 30 heavy (non-hydrogen) atoms. The first-order valence-electron chi connectivity index (χ1n) is 9.92. The van der Waals surface area contributed by atoms with Gasteiger partial charge in [0, 0.05) is 17.5 Å². The summed E-state index contributed by atoms with van der Waals surface area (Å²) in [6.07, 6.45) is 0.897. The van der Waals surface area contributed by atoms with E-state index < -0.39 is 0 Å². The molecular weight excluding hydrogens is 400 g/mol. The number of hydrogen-bond donors (Lipinski definition) is 2. The van der Waals surface area contributed by atoms with E-state index in [1.54, 1.807) is 18.2 Å². The Morgan fingerprint density at radius 3 is 2.60 bits per heavy atom. The number of rotatable bonds is 8. The average Bonchev–Trinajstić information content (AvgIpc) is 2.73. The standard InChI is InChI=1S/C24H25ClN2O3/c1-16(2)12-13-26-24(29)18-10-11-20(25)21(14-18)27-23(28)15-30-22-9-5-7-17-6-3-4-8-19(17)22/h3-11,14,16H,12-13,15H2,1-2H3,(H,26,29)(H,27,28). The predicted molar refractivity (Wildman–Crippen MR) is 121 cm³/mol. The Hall–Kier alpha value is -3.05. The second kappa shape index (κ2) is 10.1. The van der Waals surface area contributed by atoms with E-state index in [1.165, 1.54) is 0 Å². The zero-order valence-electron chi connectivity index (χ0n) is 17.1. The molecule has 5 nitrogen and oxygen atoms in total. The van der Waals surface area contributed by atoms with Crippen molar-refractivity contribution in [1.82, 2.24) is 5.32 Å². The van der Waals surface area contributed by atoms with E-state index in [0.29, 0.717) is 34.5 Å². The first-order valence-corrected chi connectivity index (χ1v) is 10.3. The molecule has 2 N–H and O–H groups in total. The SMILES string of the molecule is CC(C)CCNC(=O)c1ccc(Cl)c(NC(=O)COc2cccc3ccccc23)c1. The van der Waals surface area contributed by atoms with Crippen LogP contribution in [0.5, 0.6) is 5.75 Å². The molecule has 0 fully saturated rings. The molecule has 2 amide bonds. The highest BCUT2D eigenvalue weighted by Gasteiger charge is 2.12. The van der Waals surface area contributed by atoms with Crippen molar-refractivity contribution >= 4 is 39.9 Å². The monoisotopic (exact) mass is 424 g/mol. The van der Waals surface area contributed by atoms with Crippen LogP contribution >= 0.6 is 11.6 Å². The van der Waals surface area contributed by atoms with Gasteiger partial charge in [-0.25, -0.2) is 0 Å². The highest BCUT2D eigenvalue weighted by Crippen LogP contribution is 2.26. The van der Waals surface area contributed by atoms with Gasteiger partial charge in [-0.3, -0.25) is 9.59 Å². The van der Waals surface area contributed by atoms with Gasteiger partial charge in [0.05, 0.1) is 10.7 Å². The first kappa shape index (κ1) is 21.7. The molecule has 0 aliphatic carbocycles. The summed E-state index contributed by atoms with van der Waals surface area (Å²) in [6, 6.07) is 18.3. The predicted octanol–water partition coefficient (Wildman–Crippen LogP) is 5.29. The Morgan fingerprint density at radius 1 is 1.03 bits per heavy atom. The van der Waals surface area contributed by atoms with E-state index in [-0.39, 0.29) is 18.4 Å². The highest BCUT2D eigenvalue weighted by atomic mass is 35.5. The van der Waals surface area contributed by atoms with Crippen LogP contribution in [0.1, 0.15) is 30.6 Å². The van der Waals surface area contributed by atoms with Gasteiger partial charge in [-0.15, -0.1) is 0 Å². The Balaban J connectivity index is 1.62. The van der Waals surface area contributed by atoms with E-state index in [2.05, 4.69) is 24.5 Å². The maximum Gasteiger partial charge on any atom is 0.262 e. The van der Waals surface area contributed by atoms with Crippen LogP contribution < -0.4 is 15.4 Å². The number of halogens is 1. The zero-order chi connectivity index (χ0) is 21.5. The van der Waals surface area contributed by atoms with Gasteiger partial charge in [0.15, 0.2) is 6.61 Å². The van der Waals surface area contributed by atoms with E-state index in [4.69, 9.17) is 16.3 Å². The van der Waals surface area contributed by atoms with Gasteiger partial charge in [0.25, 0.3) is 11.8 Å². The quantitative estimate of drug-likeness (QED) is 0.516. The van der Waals surface area contributed by atoms with Crippen molar-refractivity contribution in [2.24, 2.45) is 5.92 Å². The fraction of sp³-hybridized carbons (Fsp3) is 0.250. The number of carbonyl (C=O) groups is 2. The summed E-state index contributed by atoms with van der Waals surface area (Å²) in [7, 11) is 0. The van der Waals surface area contributed by atoms with Crippen LogP contribution in [0, 0.1) is 5.92 Å². The van der Waals surface area contributed by atoms with Gasteiger partial charge in [0.1, 0.15) is 5.75 Å². The third-order valence-corrected chi connectivity index (χ3v) is 4.95. The molecule has 0 spiro atoms. The van der Waals surface area contributed by atoms with E-state index in [9.17, 15) is 9.59 Å². The van der Waals surface area contributed by atoms with Crippen molar-refractivity contribution in [2.75, 3.05) is 18.5 Å². The van der Waals surface area contributed by atoms with Crippen LogP contribution in [-0.4, -0.2) is 25.0 Å². The summed E-state index contributed by atoms with van der Waals surface area (Å²) in [5.74, 6) is 0.580. The number of nitrogens with one attached hydrogen (secondary N) is 2. The topological polar surface area (TPSA) is 67.4 Å². The maximum atomic E-state index is 12.4. The number of anilines is 1. The molecule has 0 aromatic heterocycles. The molecule has 0 bridgehead atoms. The molecular formula is C24H25ClN2O3. The molecule has 0 atom stereocenters. The summed E-state index contributed by atoms with van der Waals surface area (Å²) in [6.45, 7) is 4.62. The molecule has 0 unspecified atom stereocenters. The van der Waals surface area contributed by atoms with Crippen LogP contribution in [0.15, 0.2) is 60.7 Å². The fourth-order valence-corrected chi connectivity index (χ4v) is 3.15. The number of benzene rings is 3. The van der Waals surface area contributed by atoms with Gasteiger partial charge < -0.3 is 15.4 Å². The van der Waals surface area contributed by atoms with Crippen molar-refractivity contribution < 1.29 is 14.3 Å². The zero-order valence-corrected chi connectivity index (χ0v) is 17.8. The lowest BCUT2D eigenvalue weighted by Crippen LogP contribution is -2.25. The molecule has 0 aliphatic heterocycles. The number of amides is 2. The molecule has 3 aromatic rings. The number of fused-ring (bicyclic) bond motifs is 1. The van der Waals surface area contributed by atoms with Crippen LogP contribution in [0.25, 0.3) is 10.8 Å². The normalized spacial score (nSPS) is 10.8. The minimum absolute atomic E-state index is 0.171. The first-order chi connectivity index (χ1) is 14.4. The lowest BCUT2D eigenvalue weighted by molar-refractivity contribution is -0.118. The van der Waals surface area contributed by atoms with Gasteiger partial charge >= 0.3 is 0 Å².